The number of carboxylic acids is 1. The first-order chi connectivity index (χ1) is 7.39. The van der Waals surface area contributed by atoms with Crippen LogP contribution in [0.25, 0.3) is 0 Å². The molecule has 5 nitrogen and oxygen atoms in total. The molecule has 0 aromatic rings. The van der Waals surface area contributed by atoms with Crippen molar-refractivity contribution in [2.24, 2.45) is 0 Å². The maximum Gasteiger partial charge on any atom is 0.331 e. The molecule has 0 heterocycles. The summed E-state index contributed by atoms with van der Waals surface area (Å²) >= 11 is 0. The van der Waals surface area contributed by atoms with Gasteiger partial charge in [0.05, 0.1) is 12.4 Å². The van der Waals surface area contributed by atoms with Crippen molar-refractivity contribution in [3.05, 3.63) is 11.6 Å². The summed E-state index contributed by atoms with van der Waals surface area (Å²) in [5, 5.41) is 8.51. The molecule has 94 valence electrons. The molecular formula is C10H18O5S. The lowest BCUT2D eigenvalue weighted by Gasteiger charge is -2.02. The number of carbonyl (C=O) groups is 1. The third-order valence-corrected chi connectivity index (χ3v) is 3.26. The fourth-order valence-corrected chi connectivity index (χ4v) is 1.89. The Hall–Kier alpha value is -0.880. The van der Waals surface area contributed by atoms with Gasteiger partial charge < -0.3 is 5.11 Å². The molecule has 0 bridgehead atoms. The summed E-state index contributed by atoms with van der Waals surface area (Å²) in [5.74, 6) is -1.09. The van der Waals surface area contributed by atoms with E-state index in [9.17, 15) is 13.2 Å². The third kappa shape index (κ3) is 7.42. The minimum Gasteiger partial charge on any atom is -0.478 e. The number of aliphatic carboxylic acids is 1. The molecule has 0 aromatic carbocycles. The zero-order chi connectivity index (χ0) is 12.6. The number of hydrogen-bond donors (Lipinski definition) is 1. The molecule has 0 aliphatic rings. The van der Waals surface area contributed by atoms with E-state index < -0.39 is 16.1 Å². The van der Waals surface area contributed by atoms with Gasteiger partial charge in [0.25, 0.3) is 10.1 Å². The van der Waals surface area contributed by atoms with E-state index in [-0.39, 0.29) is 17.9 Å². The van der Waals surface area contributed by atoms with Gasteiger partial charge in [-0.25, -0.2) is 4.79 Å². The normalized spacial score (nSPS) is 12.8. The number of rotatable bonds is 8. The van der Waals surface area contributed by atoms with Gasteiger partial charge in [0.2, 0.25) is 0 Å². The van der Waals surface area contributed by atoms with Gasteiger partial charge in [0.15, 0.2) is 0 Å². The fourth-order valence-electron chi connectivity index (χ4n) is 0.938. The Kier molecular flexibility index (Phi) is 7.00. The molecular weight excluding hydrogens is 232 g/mol. The predicted octanol–water partition coefficient (Wildman–Crippen LogP) is 1.55. The Morgan fingerprint density at radius 1 is 1.38 bits per heavy atom. The largest absolute Gasteiger partial charge is 0.478 e. The Morgan fingerprint density at radius 3 is 2.50 bits per heavy atom. The van der Waals surface area contributed by atoms with Crippen LogP contribution in [0.15, 0.2) is 11.6 Å². The second-order valence-electron chi connectivity index (χ2n) is 3.45. The Balaban J connectivity index is 4.00. The average molecular weight is 250 g/mol. The molecule has 0 rings (SSSR count). The highest BCUT2D eigenvalue weighted by Gasteiger charge is 2.09. The van der Waals surface area contributed by atoms with Crippen LogP contribution in [0.3, 0.4) is 0 Å². The molecule has 0 aromatic heterocycles. The number of hydrogen-bond acceptors (Lipinski definition) is 4. The van der Waals surface area contributed by atoms with Crippen molar-refractivity contribution < 1.29 is 22.5 Å². The van der Waals surface area contributed by atoms with Crippen LogP contribution >= 0.6 is 0 Å². The van der Waals surface area contributed by atoms with Gasteiger partial charge in [-0.2, -0.15) is 8.42 Å². The molecule has 0 amide bonds. The predicted molar refractivity (Wildman–Crippen MR) is 60.7 cm³/mol. The van der Waals surface area contributed by atoms with Crippen LogP contribution in [0.1, 0.15) is 33.1 Å². The van der Waals surface area contributed by atoms with Crippen LogP contribution in [-0.4, -0.2) is 31.9 Å². The first-order valence-corrected chi connectivity index (χ1v) is 6.74. The SMILES string of the molecule is CCCCCS(=O)(=O)OCC=C(C)C(=O)O. The number of unbranched alkanes of at least 4 members (excludes halogenated alkanes) is 2. The van der Waals surface area contributed by atoms with Gasteiger partial charge in [0, 0.05) is 5.57 Å². The Labute approximate surface area is 96.2 Å². The van der Waals surface area contributed by atoms with E-state index in [0.717, 1.165) is 12.8 Å². The first-order valence-electron chi connectivity index (χ1n) is 5.16. The minimum absolute atomic E-state index is 0.0131. The molecule has 16 heavy (non-hydrogen) atoms. The molecule has 6 heteroatoms. The molecule has 0 atom stereocenters. The Bertz CT molecular complexity index is 342. The van der Waals surface area contributed by atoms with Crippen molar-refractivity contribution in [3.63, 3.8) is 0 Å². The lowest BCUT2D eigenvalue weighted by atomic mass is 10.3. The van der Waals surface area contributed by atoms with Gasteiger partial charge >= 0.3 is 5.97 Å². The molecule has 0 spiro atoms. The second-order valence-corrected chi connectivity index (χ2v) is 5.21. The summed E-state index contributed by atoms with van der Waals surface area (Å²) in [5.41, 5.74) is 0.0729. The lowest BCUT2D eigenvalue weighted by Crippen LogP contribution is -2.11. The van der Waals surface area contributed by atoms with Crippen LogP contribution in [0.2, 0.25) is 0 Å². The van der Waals surface area contributed by atoms with Gasteiger partial charge in [-0.15, -0.1) is 0 Å². The zero-order valence-corrected chi connectivity index (χ0v) is 10.4. The highest BCUT2D eigenvalue weighted by Crippen LogP contribution is 2.02. The Morgan fingerprint density at radius 2 is 2.00 bits per heavy atom. The first kappa shape index (κ1) is 15.1. The van der Waals surface area contributed by atoms with Gasteiger partial charge in [-0.1, -0.05) is 19.8 Å². The van der Waals surface area contributed by atoms with Crippen molar-refractivity contribution in [2.45, 2.75) is 33.1 Å². The maximum absolute atomic E-state index is 11.3. The zero-order valence-electron chi connectivity index (χ0n) is 9.60. The standard InChI is InChI=1S/C10H18O5S/c1-3-4-5-8-16(13,14)15-7-6-9(2)10(11)12/h6H,3-5,7-8H2,1-2H3,(H,11,12). The minimum atomic E-state index is -3.51. The fraction of sp³-hybridized carbons (Fsp3) is 0.700. The van der Waals surface area contributed by atoms with Crippen molar-refractivity contribution in [1.29, 1.82) is 0 Å². The molecule has 0 unspecified atom stereocenters. The molecule has 0 saturated heterocycles. The van der Waals surface area contributed by atoms with Crippen LogP contribution in [0, 0.1) is 0 Å². The lowest BCUT2D eigenvalue weighted by molar-refractivity contribution is -0.132. The molecule has 1 N–H and O–H groups in total. The van der Waals surface area contributed by atoms with E-state index in [2.05, 4.69) is 4.18 Å². The van der Waals surface area contributed by atoms with E-state index in [1.165, 1.54) is 13.0 Å². The molecule has 0 aliphatic carbocycles. The topological polar surface area (TPSA) is 80.7 Å². The van der Waals surface area contributed by atoms with Gasteiger partial charge in [-0.05, 0) is 19.4 Å². The highest BCUT2D eigenvalue weighted by atomic mass is 32.2. The molecule has 0 aliphatic heterocycles. The number of carboxylic acid groups (broad SMARTS) is 1. The van der Waals surface area contributed by atoms with Crippen molar-refractivity contribution in [1.82, 2.24) is 0 Å². The van der Waals surface area contributed by atoms with E-state index in [1.807, 2.05) is 6.92 Å². The van der Waals surface area contributed by atoms with Crippen LogP contribution in [0.4, 0.5) is 0 Å². The van der Waals surface area contributed by atoms with E-state index >= 15 is 0 Å². The van der Waals surface area contributed by atoms with Crippen molar-refractivity contribution >= 4 is 16.1 Å². The average Bonchev–Trinajstić information content (AvgIpc) is 2.17. The van der Waals surface area contributed by atoms with E-state index in [4.69, 9.17) is 5.11 Å². The van der Waals surface area contributed by atoms with Crippen LogP contribution in [-0.2, 0) is 19.1 Å². The van der Waals surface area contributed by atoms with Crippen LogP contribution < -0.4 is 0 Å². The monoisotopic (exact) mass is 250 g/mol. The summed E-state index contributed by atoms with van der Waals surface area (Å²) in [6.07, 6.45) is 3.58. The summed E-state index contributed by atoms with van der Waals surface area (Å²) in [6, 6.07) is 0. The quantitative estimate of drug-likeness (QED) is 0.401. The third-order valence-electron chi connectivity index (χ3n) is 1.97. The maximum atomic E-state index is 11.3. The molecule has 0 saturated carbocycles. The summed E-state index contributed by atoms with van der Waals surface area (Å²) in [6.45, 7) is 3.15. The van der Waals surface area contributed by atoms with Crippen LogP contribution in [0.5, 0.6) is 0 Å². The molecule has 0 fully saturated rings. The summed E-state index contributed by atoms with van der Waals surface area (Å²) in [7, 11) is -3.51. The van der Waals surface area contributed by atoms with E-state index in [1.54, 1.807) is 0 Å². The smallest absolute Gasteiger partial charge is 0.331 e. The highest BCUT2D eigenvalue weighted by molar-refractivity contribution is 7.86. The molecule has 0 radical (unpaired) electrons. The summed E-state index contributed by atoms with van der Waals surface area (Å²) < 4.78 is 27.1. The van der Waals surface area contributed by atoms with Gasteiger partial charge in [0.1, 0.15) is 0 Å². The second kappa shape index (κ2) is 7.40. The van der Waals surface area contributed by atoms with Crippen molar-refractivity contribution in [3.8, 4) is 0 Å². The van der Waals surface area contributed by atoms with Crippen molar-refractivity contribution in [2.75, 3.05) is 12.4 Å². The summed E-state index contributed by atoms with van der Waals surface area (Å²) in [4.78, 5) is 10.4. The van der Waals surface area contributed by atoms with E-state index in [0.29, 0.717) is 6.42 Å². The van der Waals surface area contributed by atoms with Gasteiger partial charge in [-0.3, -0.25) is 4.18 Å².